The molecule has 1 amide bonds. The summed E-state index contributed by atoms with van der Waals surface area (Å²) in [5.74, 6) is 0.804. The second kappa shape index (κ2) is 5.31. The van der Waals surface area contributed by atoms with Crippen LogP contribution in [0.5, 0.6) is 0 Å². The Balaban J connectivity index is 1.75. The first-order valence-corrected chi connectivity index (χ1v) is 6.56. The normalized spacial score (nSPS) is 17.6. The van der Waals surface area contributed by atoms with Crippen molar-refractivity contribution in [1.82, 2.24) is 5.32 Å². The number of nitrogens with one attached hydrogen (secondary N) is 1. The fraction of sp³-hybridized carbons (Fsp3) is 0.583. The molecule has 1 aliphatic carbocycles. The van der Waals surface area contributed by atoms with Crippen molar-refractivity contribution in [2.75, 3.05) is 6.54 Å². The molecular formula is C12H17NOS. The largest absolute Gasteiger partial charge is 0.351 e. The molecule has 1 N–H and O–H groups in total. The van der Waals surface area contributed by atoms with Crippen LogP contribution in [-0.4, -0.2) is 12.5 Å². The summed E-state index contributed by atoms with van der Waals surface area (Å²) in [5.41, 5.74) is 0. The van der Waals surface area contributed by atoms with Gasteiger partial charge >= 0.3 is 0 Å². The van der Waals surface area contributed by atoms with Gasteiger partial charge in [0.25, 0.3) is 5.91 Å². The van der Waals surface area contributed by atoms with Gasteiger partial charge in [-0.2, -0.15) is 0 Å². The van der Waals surface area contributed by atoms with Gasteiger partial charge in [0, 0.05) is 6.54 Å². The zero-order valence-electron chi connectivity index (χ0n) is 8.87. The van der Waals surface area contributed by atoms with E-state index >= 15 is 0 Å². The summed E-state index contributed by atoms with van der Waals surface area (Å²) in [4.78, 5) is 12.5. The Hall–Kier alpha value is -0.830. The maximum absolute atomic E-state index is 11.6. The van der Waals surface area contributed by atoms with Crippen molar-refractivity contribution >= 4 is 17.2 Å². The predicted octanol–water partition coefficient (Wildman–Crippen LogP) is 3.06. The molecule has 0 aliphatic heterocycles. The van der Waals surface area contributed by atoms with E-state index in [9.17, 15) is 4.79 Å². The maximum atomic E-state index is 11.6. The van der Waals surface area contributed by atoms with Gasteiger partial charge in [0.05, 0.1) is 4.88 Å². The van der Waals surface area contributed by atoms with E-state index in [-0.39, 0.29) is 5.91 Å². The van der Waals surface area contributed by atoms with E-state index < -0.39 is 0 Å². The molecule has 15 heavy (non-hydrogen) atoms. The second-order valence-electron chi connectivity index (χ2n) is 4.19. The van der Waals surface area contributed by atoms with Crippen LogP contribution in [0.15, 0.2) is 17.5 Å². The molecule has 0 radical (unpaired) electrons. The summed E-state index contributed by atoms with van der Waals surface area (Å²) in [6, 6.07) is 3.79. The molecule has 0 bridgehead atoms. The monoisotopic (exact) mass is 223 g/mol. The number of carbonyl (C=O) groups excluding carboxylic acids is 1. The number of thiophene rings is 1. The Bertz CT molecular complexity index is 301. The van der Waals surface area contributed by atoms with Crippen LogP contribution in [0.1, 0.15) is 41.8 Å². The van der Waals surface area contributed by atoms with E-state index in [1.54, 1.807) is 0 Å². The molecule has 0 saturated heterocycles. The molecule has 3 heteroatoms. The molecule has 1 saturated carbocycles. The molecule has 1 fully saturated rings. The molecule has 1 aliphatic rings. The van der Waals surface area contributed by atoms with Crippen LogP contribution in [0, 0.1) is 5.92 Å². The average Bonchev–Trinajstić information content (AvgIpc) is 2.81. The minimum absolute atomic E-state index is 0.0931. The Kier molecular flexibility index (Phi) is 3.78. The zero-order chi connectivity index (χ0) is 10.5. The summed E-state index contributed by atoms with van der Waals surface area (Å²) >= 11 is 1.51. The fourth-order valence-electron chi connectivity index (χ4n) is 2.12. The molecule has 0 atom stereocenters. The lowest BCUT2D eigenvalue weighted by Gasteiger charge is -2.21. The van der Waals surface area contributed by atoms with Gasteiger partial charge in [0.2, 0.25) is 0 Å². The summed E-state index contributed by atoms with van der Waals surface area (Å²) < 4.78 is 0. The Morgan fingerprint density at radius 3 is 2.87 bits per heavy atom. The van der Waals surface area contributed by atoms with Crippen molar-refractivity contribution in [2.24, 2.45) is 5.92 Å². The van der Waals surface area contributed by atoms with Crippen LogP contribution in [-0.2, 0) is 0 Å². The van der Waals surface area contributed by atoms with Crippen LogP contribution < -0.4 is 5.32 Å². The first-order valence-electron chi connectivity index (χ1n) is 5.68. The second-order valence-corrected chi connectivity index (χ2v) is 5.14. The first-order chi connectivity index (χ1) is 7.36. The highest BCUT2D eigenvalue weighted by molar-refractivity contribution is 7.12. The molecule has 1 aromatic heterocycles. The molecule has 0 aromatic carbocycles. The molecule has 1 aromatic rings. The number of amides is 1. The van der Waals surface area contributed by atoms with E-state index in [4.69, 9.17) is 0 Å². The van der Waals surface area contributed by atoms with E-state index in [0.717, 1.165) is 11.4 Å². The topological polar surface area (TPSA) is 29.1 Å². The van der Waals surface area contributed by atoms with E-state index in [1.165, 1.54) is 43.4 Å². The first kappa shape index (κ1) is 10.7. The van der Waals surface area contributed by atoms with E-state index in [1.807, 2.05) is 17.5 Å². The summed E-state index contributed by atoms with van der Waals surface area (Å²) in [5, 5.41) is 4.97. The van der Waals surface area contributed by atoms with Crippen molar-refractivity contribution in [3.8, 4) is 0 Å². The Morgan fingerprint density at radius 2 is 2.20 bits per heavy atom. The van der Waals surface area contributed by atoms with Crippen LogP contribution in [0.2, 0.25) is 0 Å². The third-order valence-corrected chi connectivity index (χ3v) is 3.89. The van der Waals surface area contributed by atoms with Gasteiger partial charge in [-0.05, 0) is 30.2 Å². The summed E-state index contributed by atoms with van der Waals surface area (Å²) in [6.07, 6.45) is 6.60. The summed E-state index contributed by atoms with van der Waals surface area (Å²) in [7, 11) is 0. The van der Waals surface area contributed by atoms with Crippen molar-refractivity contribution in [3.63, 3.8) is 0 Å². The van der Waals surface area contributed by atoms with Crippen molar-refractivity contribution in [2.45, 2.75) is 32.1 Å². The van der Waals surface area contributed by atoms with Gasteiger partial charge in [0.15, 0.2) is 0 Å². The smallest absolute Gasteiger partial charge is 0.261 e. The molecule has 0 spiro atoms. The lowest BCUT2D eigenvalue weighted by molar-refractivity contribution is 0.0947. The van der Waals surface area contributed by atoms with Crippen LogP contribution >= 0.6 is 11.3 Å². The minimum atomic E-state index is 0.0931. The third kappa shape index (κ3) is 3.06. The van der Waals surface area contributed by atoms with Crippen molar-refractivity contribution < 1.29 is 4.79 Å². The highest BCUT2D eigenvalue weighted by Crippen LogP contribution is 2.22. The van der Waals surface area contributed by atoms with Gasteiger partial charge in [-0.1, -0.05) is 25.3 Å². The average molecular weight is 223 g/mol. The molecular weight excluding hydrogens is 206 g/mol. The maximum Gasteiger partial charge on any atom is 0.261 e. The third-order valence-electron chi connectivity index (χ3n) is 3.02. The van der Waals surface area contributed by atoms with Crippen LogP contribution in [0.3, 0.4) is 0 Å². The van der Waals surface area contributed by atoms with E-state index in [2.05, 4.69) is 5.32 Å². The summed E-state index contributed by atoms with van der Waals surface area (Å²) in [6.45, 7) is 0.858. The lowest BCUT2D eigenvalue weighted by Crippen LogP contribution is -2.29. The van der Waals surface area contributed by atoms with Crippen molar-refractivity contribution in [1.29, 1.82) is 0 Å². The van der Waals surface area contributed by atoms with Crippen LogP contribution in [0.25, 0.3) is 0 Å². The van der Waals surface area contributed by atoms with Crippen molar-refractivity contribution in [3.05, 3.63) is 22.4 Å². The highest BCUT2D eigenvalue weighted by atomic mass is 32.1. The quantitative estimate of drug-likeness (QED) is 0.838. The Labute approximate surface area is 94.7 Å². The lowest BCUT2D eigenvalue weighted by atomic mass is 9.89. The van der Waals surface area contributed by atoms with Crippen LogP contribution in [0.4, 0.5) is 0 Å². The molecule has 2 nitrogen and oxygen atoms in total. The van der Waals surface area contributed by atoms with Gasteiger partial charge in [-0.15, -0.1) is 11.3 Å². The number of hydrogen-bond acceptors (Lipinski definition) is 2. The van der Waals surface area contributed by atoms with Gasteiger partial charge in [-0.25, -0.2) is 0 Å². The number of hydrogen-bond donors (Lipinski definition) is 1. The van der Waals surface area contributed by atoms with E-state index in [0.29, 0.717) is 5.92 Å². The minimum Gasteiger partial charge on any atom is -0.351 e. The Morgan fingerprint density at radius 1 is 1.40 bits per heavy atom. The molecule has 0 unspecified atom stereocenters. The highest BCUT2D eigenvalue weighted by Gasteiger charge is 2.14. The zero-order valence-corrected chi connectivity index (χ0v) is 9.69. The molecule has 82 valence electrons. The van der Waals surface area contributed by atoms with Gasteiger partial charge < -0.3 is 5.32 Å². The fourth-order valence-corrected chi connectivity index (χ4v) is 2.76. The standard InChI is InChI=1S/C12H17NOS/c14-12(11-7-4-8-15-11)13-9-10-5-2-1-3-6-10/h4,7-8,10H,1-3,5-6,9H2,(H,13,14). The predicted molar refractivity (Wildman–Crippen MR) is 63.2 cm³/mol. The SMILES string of the molecule is O=C(NCC1CCCCC1)c1cccs1. The number of rotatable bonds is 3. The molecule has 1 heterocycles. The number of carbonyl (C=O) groups is 1. The van der Waals surface area contributed by atoms with Gasteiger partial charge in [0.1, 0.15) is 0 Å². The van der Waals surface area contributed by atoms with Gasteiger partial charge in [-0.3, -0.25) is 4.79 Å². The molecule has 2 rings (SSSR count).